The second-order valence-electron chi connectivity index (χ2n) is 8.84. The highest BCUT2D eigenvalue weighted by atomic mass is 32.2. The summed E-state index contributed by atoms with van der Waals surface area (Å²) in [6.45, 7) is 9.19. The zero-order chi connectivity index (χ0) is 24.0. The number of aromatic nitrogens is 2. The first kappa shape index (κ1) is 24.2. The number of sulfone groups is 1. The minimum Gasteiger partial charge on any atom is -0.591 e. The summed E-state index contributed by atoms with van der Waals surface area (Å²) in [6.07, 6.45) is 1.14. The van der Waals surface area contributed by atoms with Crippen molar-refractivity contribution >= 4 is 37.8 Å². The molecule has 1 atom stereocenters. The minimum atomic E-state index is -3.33. The monoisotopic (exact) mass is 473 g/mol. The minimum absolute atomic E-state index is 0.191. The second kappa shape index (κ2) is 8.46. The molecule has 2 aromatic carbocycles. The Morgan fingerprint density at radius 1 is 1.16 bits per heavy atom. The second-order valence-corrected chi connectivity index (χ2v) is 12.8. The van der Waals surface area contributed by atoms with Gasteiger partial charge in [0, 0.05) is 24.4 Å². The van der Waals surface area contributed by atoms with E-state index in [1.54, 1.807) is 32.2 Å². The third-order valence-corrected chi connectivity index (χ3v) is 7.61. The predicted molar refractivity (Wildman–Crippen MR) is 130 cm³/mol. The summed E-state index contributed by atoms with van der Waals surface area (Å²) >= 11 is -1.46. The SMILES string of the molecule is CC(=N[S+]([O-])C(C)(C)C)c1cc(C)cc2c(=O)n(C)c(-c3ccc(S(C)(=O)=O)cc3)nc12. The predicted octanol–water partition coefficient (Wildman–Crippen LogP) is 3.58. The van der Waals surface area contributed by atoms with Gasteiger partial charge in [0.05, 0.1) is 21.5 Å². The van der Waals surface area contributed by atoms with Crippen LogP contribution in [0.1, 0.15) is 38.8 Å². The van der Waals surface area contributed by atoms with Crippen LogP contribution in [0.15, 0.2) is 50.5 Å². The molecule has 0 radical (unpaired) electrons. The fourth-order valence-corrected chi connectivity index (χ4v) is 4.47. The largest absolute Gasteiger partial charge is 0.591 e. The van der Waals surface area contributed by atoms with Crippen LogP contribution in [-0.2, 0) is 28.2 Å². The van der Waals surface area contributed by atoms with Crippen molar-refractivity contribution < 1.29 is 13.0 Å². The summed E-state index contributed by atoms with van der Waals surface area (Å²) < 4.78 is 41.4. The normalized spacial score (nSPS) is 14.1. The van der Waals surface area contributed by atoms with E-state index in [0.717, 1.165) is 11.8 Å². The quantitative estimate of drug-likeness (QED) is 0.425. The molecule has 0 amide bonds. The molecule has 3 aromatic rings. The molecule has 3 rings (SSSR count). The smallest absolute Gasteiger partial charge is 0.261 e. The fourth-order valence-electron chi connectivity index (χ4n) is 3.22. The number of aryl methyl sites for hydroxylation is 1. The number of rotatable bonds is 4. The molecule has 0 spiro atoms. The first-order chi connectivity index (χ1) is 14.7. The van der Waals surface area contributed by atoms with Crippen LogP contribution in [0.3, 0.4) is 0 Å². The van der Waals surface area contributed by atoms with Gasteiger partial charge in [-0.3, -0.25) is 9.36 Å². The molecule has 0 bridgehead atoms. The molecule has 0 aliphatic heterocycles. The Labute approximate surface area is 191 Å². The molecule has 170 valence electrons. The number of nitrogens with zero attached hydrogens (tertiary/aromatic N) is 3. The highest BCUT2D eigenvalue weighted by Gasteiger charge is 2.27. The molecule has 0 saturated heterocycles. The van der Waals surface area contributed by atoms with Crippen LogP contribution in [0, 0.1) is 6.92 Å². The first-order valence-corrected chi connectivity index (χ1v) is 13.0. The van der Waals surface area contributed by atoms with E-state index in [1.807, 2.05) is 33.8 Å². The third kappa shape index (κ3) is 4.79. The van der Waals surface area contributed by atoms with E-state index >= 15 is 0 Å². The molecular formula is C23H27N3O4S2. The third-order valence-electron chi connectivity index (χ3n) is 5.00. The average molecular weight is 474 g/mol. The molecule has 0 saturated carbocycles. The maximum Gasteiger partial charge on any atom is 0.261 e. The fraction of sp³-hybridized carbons (Fsp3) is 0.348. The Hall–Kier alpha value is -2.49. The van der Waals surface area contributed by atoms with Gasteiger partial charge in [-0.2, -0.15) is 0 Å². The van der Waals surface area contributed by atoms with Gasteiger partial charge >= 0.3 is 0 Å². The van der Waals surface area contributed by atoms with Gasteiger partial charge in [0.1, 0.15) is 21.9 Å². The van der Waals surface area contributed by atoms with Gasteiger partial charge < -0.3 is 4.55 Å². The summed E-state index contributed by atoms with van der Waals surface area (Å²) in [5.41, 5.74) is 2.89. The lowest BCUT2D eigenvalue weighted by Gasteiger charge is -2.19. The molecule has 32 heavy (non-hydrogen) atoms. The van der Waals surface area contributed by atoms with Crippen LogP contribution >= 0.6 is 0 Å². The Bertz CT molecular complexity index is 1380. The molecule has 1 heterocycles. The molecule has 1 unspecified atom stereocenters. The number of fused-ring (bicyclic) bond motifs is 1. The molecular weight excluding hydrogens is 446 g/mol. The van der Waals surface area contributed by atoms with Crippen molar-refractivity contribution in [2.75, 3.05) is 6.26 Å². The van der Waals surface area contributed by atoms with Gasteiger partial charge in [-0.05, 0) is 76.6 Å². The lowest BCUT2D eigenvalue weighted by atomic mass is 10.0. The van der Waals surface area contributed by atoms with Crippen molar-refractivity contribution in [3.63, 3.8) is 0 Å². The van der Waals surface area contributed by atoms with Gasteiger partial charge in [-0.15, -0.1) is 0 Å². The van der Waals surface area contributed by atoms with E-state index in [-0.39, 0.29) is 10.5 Å². The van der Waals surface area contributed by atoms with Crippen molar-refractivity contribution in [2.45, 2.75) is 44.3 Å². The van der Waals surface area contributed by atoms with E-state index in [0.29, 0.717) is 33.6 Å². The van der Waals surface area contributed by atoms with Crippen molar-refractivity contribution in [3.8, 4) is 11.4 Å². The standard InChI is InChI=1S/C23H27N3O4S2/c1-14-12-18(15(2)25-31(28)23(3,4)5)20-19(13-14)22(27)26(6)21(24-20)16-8-10-17(11-9-16)32(7,29)30/h8-13H,1-7H3. The Morgan fingerprint density at radius 3 is 2.28 bits per heavy atom. The van der Waals surface area contributed by atoms with Crippen LogP contribution in [0.5, 0.6) is 0 Å². The zero-order valence-corrected chi connectivity index (χ0v) is 20.9. The summed E-state index contributed by atoms with van der Waals surface area (Å²) in [5, 5.41) is 0.440. The van der Waals surface area contributed by atoms with Crippen LogP contribution in [0.2, 0.25) is 0 Å². The molecule has 1 aromatic heterocycles. The summed E-state index contributed by atoms with van der Waals surface area (Å²) in [5.74, 6) is 0.400. The van der Waals surface area contributed by atoms with Crippen LogP contribution in [0.25, 0.3) is 22.3 Å². The van der Waals surface area contributed by atoms with E-state index < -0.39 is 25.9 Å². The summed E-state index contributed by atoms with van der Waals surface area (Å²) in [4.78, 5) is 18.1. The lowest BCUT2D eigenvalue weighted by Crippen LogP contribution is -2.27. The van der Waals surface area contributed by atoms with Crippen molar-refractivity contribution in [2.24, 2.45) is 11.4 Å². The average Bonchev–Trinajstić information content (AvgIpc) is 2.69. The zero-order valence-electron chi connectivity index (χ0n) is 19.3. The maximum atomic E-state index is 13.2. The topological polar surface area (TPSA) is 104 Å². The van der Waals surface area contributed by atoms with Crippen molar-refractivity contribution in [1.29, 1.82) is 0 Å². The highest BCUT2D eigenvalue weighted by Crippen LogP contribution is 2.25. The van der Waals surface area contributed by atoms with Crippen molar-refractivity contribution in [1.82, 2.24) is 9.55 Å². The summed E-state index contributed by atoms with van der Waals surface area (Å²) in [6, 6.07) is 9.91. The maximum absolute atomic E-state index is 13.2. The molecule has 9 heteroatoms. The van der Waals surface area contributed by atoms with E-state index in [1.165, 1.54) is 16.7 Å². The lowest BCUT2D eigenvalue weighted by molar-refractivity contribution is 0.561. The number of hydrogen-bond donors (Lipinski definition) is 0. The first-order valence-electron chi connectivity index (χ1n) is 9.99. The molecule has 7 nitrogen and oxygen atoms in total. The van der Waals surface area contributed by atoms with Crippen LogP contribution < -0.4 is 5.56 Å². The van der Waals surface area contributed by atoms with E-state index in [4.69, 9.17) is 4.98 Å². The molecule has 0 aliphatic carbocycles. The van der Waals surface area contributed by atoms with Crippen LogP contribution in [0.4, 0.5) is 0 Å². The van der Waals surface area contributed by atoms with Gasteiger partial charge in [-0.1, -0.05) is 4.40 Å². The number of hydrogen-bond acceptors (Lipinski definition) is 6. The van der Waals surface area contributed by atoms with Gasteiger partial charge in [-0.25, -0.2) is 13.4 Å². The van der Waals surface area contributed by atoms with E-state index in [9.17, 15) is 17.8 Å². The van der Waals surface area contributed by atoms with Gasteiger partial charge in [0.15, 0.2) is 9.84 Å². The summed E-state index contributed by atoms with van der Waals surface area (Å²) in [7, 11) is -1.70. The Kier molecular flexibility index (Phi) is 6.38. The van der Waals surface area contributed by atoms with Gasteiger partial charge in [0.25, 0.3) is 5.56 Å². The Morgan fingerprint density at radius 2 is 1.75 bits per heavy atom. The van der Waals surface area contributed by atoms with Crippen LogP contribution in [-0.4, -0.2) is 39.2 Å². The van der Waals surface area contributed by atoms with E-state index in [2.05, 4.69) is 4.40 Å². The Balaban J connectivity index is 2.28. The van der Waals surface area contributed by atoms with Crippen molar-refractivity contribution in [3.05, 3.63) is 57.9 Å². The van der Waals surface area contributed by atoms with Gasteiger partial charge in [0.2, 0.25) is 0 Å². The number of benzene rings is 2. The highest BCUT2D eigenvalue weighted by molar-refractivity contribution is 7.91. The molecule has 0 aliphatic rings. The molecule has 0 N–H and O–H groups in total. The molecule has 0 fully saturated rings.